The van der Waals surface area contributed by atoms with Crippen LogP contribution in [0.5, 0.6) is 0 Å². The number of hydrogen-bond donors (Lipinski definition) is 2. The van der Waals surface area contributed by atoms with Crippen molar-refractivity contribution in [1.29, 1.82) is 0 Å². The number of H-pyrrole nitrogens is 1. The van der Waals surface area contributed by atoms with Gasteiger partial charge in [0.1, 0.15) is 5.65 Å². The van der Waals surface area contributed by atoms with Gasteiger partial charge in [-0.3, -0.25) is 4.68 Å². The van der Waals surface area contributed by atoms with Crippen LogP contribution in [0.2, 0.25) is 0 Å². The summed E-state index contributed by atoms with van der Waals surface area (Å²) in [6, 6.07) is 10.0. The number of nitrogens with one attached hydrogen (secondary N) is 1. The lowest BCUT2D eigenvalue weighted by atomic mass is 10.0. The van der Waals surface area contributed by atoms with Gasteiger partial charge in [0.2, 0.25) is 0 Å². The predicted molar refractivity (Wildman–Crippen MR) is 88.1 cm³/mol. The van der Waals surface area contributed by atoms with Gasteiger partial charge in [-0.1, -0.05) is 12.1 Å². The number of pyridine rings is 1. The fourth-order valence-corrected chi connectivity index (χ4v) is 2.68. The Kier molecular flexibility index (Phi) is 2.72. The summed E-state index contributed by atoms with van der Waals surface area (Å²) in [5.74, 6) is 0. The minimum Gasteiger partial charge on any atom is -0.399 e. The van der Waals surface area contributed by atoms with Crippen molar-refractivity contribution in [3.8, 4) is 22.3 Å². The van der Waals surface area contributed by atoms with Crippen LogP contribution in [-0.2, 0) is 7.05 Å². The van der Waals surface area contributed by atoms with Crippen LogP contribution in [0.4, 0.5) is 5.69 Å². The summed E-state index contributed by atoms with van der Waals surface area (Å²) in [5, 5.41) is 5.29. The molecule has 0 amide bonds. The van der Waals surface area contributed by atoms with E-state index in [0.29, 0.717) is 0 Å². The van der Waals surface area contributed by atoms with Crippen molar-refractivity contribution in [2.45, 2.75) is 0 Å². The smallest absolute Gasteiger partial charge is 0.137 e. The molecule has 1 aromatic carbocycles. The van der Waals surface area contributed by atoms with Crippen LogP contribution < -0.4 is 5.73 Å². The monoisotopic (exact) mass is 289 g/mol. The van der Waals surface area contributed by atoms with E-state index in [2.05, 4.69) is 27.2 Å². The summed E-state index contributed by atoms with van der Waals surface area (Å²) in [6.45, 7) is 0. The highest BCUT2D eigenvalue weighted by atomic mass is 15.2. The van der Waals surface area contributed by atoms with Gasteiger partial charge in [-0.2, -0.15) is 5.10 Å². The van der Waals surface area contributed by atoms with Gasteiger partial charge in [-0.05, 0) is 23.8 Å². The Morgan fingerprint density at radius 3 is 2.77 bits per heavy atom. The van der Waals surface area contributed by atoms with Gasteiger partial charge in [-0.25, -0.2) is 4.98 Å². The quantitative estimate of drug-likeness (QED) is 0.556. The molecule has 0 aliphatic carbocycles. The third-order valence-electron chi connectivity index (χ3n) is 3.77. The molecule has 0 atom stereocenters. The topological polar surface area (TPSA) is 72.5 Å². The molecule has 4 rings (SSSR count). The van der Waals surface area contributed by atoms with Crippen LogP contribution >= 0.6 is 0 Å². The Morgan fingerprint density at radius 1 is 1.09 bits per heavy atom. The Labute approximate surface area is 127 Å². The predicted octanol–water partition coefficient (Wildman–Crippen LogP) is 3.21. The lowest BCUT2D eigenvalue weighted by Gasteiger charge is -2.02. The van der Waals surface area contributed by atoms with Gasteiger partial charge < -0.3 is 10.7 Å². The number of hydrogen-bond acceptors (Lipinski definition) is 3. The van der Waals surface area contributed by atoms with E-state index >= 15 is 0 Å². The number of aryl methyl sites for hydroxylation is 1. The highest BCUT2D eigenvalue weighted by Crippen LogP contribution is 2.31. The average molecular weight is 289 g/mol. The first-order valence-electron chi connectivity index (χ1n) is 7.03. The lowest BCUT2D eigenvalue weighted by molar-refractivity contribution is 0.768. The molecule has 0 saturated heterocycles. The Morgan fingerprint density at radius 2 is 2.00 bits per heavy atom. The van der Waals surface area contributed by atoms with Crippen molar-refractivity contribution in [2.24, 2.45) is 7.05 Å². The first-order valence-corrected chi connectivity index (χ1v) is 7.03. The molecular formula is C17H15N5. The second-order valence-corrected chi connectivity index (χ2v) is 5.35. The number of nitrogen functional groups attached to an aromatic ring is 1. The number of rotatable bonds is 2. The molecule has 0 unspecified atom stereocenters. The average Bonchev–Trinajstić information content (AvgIpc) is 3.12. The Bertz CT molecular complexity index is 964. The van der Waals surface area contributed by atoms with Crippen molar-refractivity contribution < 1.29 is 0 Å². The van der Waals surface area contributed by atoms with Crippen LogP contribution in [0.1, 0.15) is 0 Å². The van der Waals surface area contributed by atoms with Gasteiger partial charge in [0.05, 0.1) is 6.20 Å². The summed E-state index contributed by atoms with van der Waals surface area (Å²) >= 11 is 0. The first kappa shape index (κ1) is 12.6. The van der Waals surface area contributed by atoms with Gasteiger partial charge in [0.25, 0.3) is 0 Å². The van der Waals surface area contributed by atoms with E-state index in [1.807, 2.05) is 50.0 Å². The number of nitrogens with zero attached hydrogens (tertiary/aromatic N) is 3. The molecule has 3 N–H and O–H groups in total. The van der Waals surface area contributed by atoms with E-state index in [4.69, 9.17) is 5.73 Å². The molecule has 0 aliphatic heterocycles. The van der Waals surface area contributed by atoms with Gasteiger partial charge in [0, 0.05) is 53.4 Å². The number of aromatic amines is 1. The normalized spacial score (nSPS) is 11.1. The molecule has 0 radical (unpaired) electrons. The summed E-state index contributed by atoms with van der Waals surface area (Å²) in [4.78, 5) is 7.73. The van der Waals surface area contributed by atoms with Crippen LogP contribution in [0.25, 0.3) is 33.3 Å². The van der Waals surface area contributed by atoms with Gasteiger partial charge in [0.15, 0.2) is 0 Å². The van der Waals surface area contributed by atoms with Crippen LogP contribution in [-0.4, -0.2) is 19.7 Å². The number of nitrogens with two attached hydrogens (primary N) is 1. The first-order chi connectivity index (χ1) is 10.7. The van der Waals surface area contributed by atoms with E-state index in [0.717, 1.165) is 39.0 Å². The van der Waals surface area contributed by atoms with E-state index in [9.17, 15) is 0 Å². The molecule has 5 heteroatoms. The molecule has 3 heterocycles. The van der Waals surface area contributed by atoms with Gasteiger partial charge in [-0.15, -0.1) is 0 Å². The zero-order chi connectivity index (χ0) is 15.1. The van der Waals surface area contributed by atoms with Crippen molar-refractivity contribution in [3.63, 3.8) is 0 Å². The highest BCUT2D eigenvalue weighted by Gasteiger charge is 2.10. The number of fused-ring (bicyclic) bond motifs is 1. The fraction of sp³-hybridized carbons (Fsp3) is 0.0588. The van der Waals surface area contributed by atoms with Crippen LogP contribution in [0.15, 0.2) is 55.1 Å². The minimum absolute atomic E-state index is 0.753. The van der Waals surface area contributed by atoms with Crippen molar-refractivity contribution in [1.82, 2.24) is 19.7 Å². The molecule has 0 spiro atoms. The fourth-order valence-electron chi connectivity index (χ4n) is 2.68. The summed E-state index contributed by atoms with van der Waals surface area (Å²) < 4.78 is 1.79. The zero-order valence-corrected chi connectivity index (χ0v) is 12.1. The number of benzene rings is 1. The number of aromatic nitrogens is 4. The molecule has 0 bridgehead atoms. The second-order valence-electron chi connectivity index (χ2n) is 5.35. The Balaban J connectivity index is 1.90. The standard InChI is InChI=1S/C17H15N5/c1-22-10-13(8-21-22)12-6-15-16(9-20-17(15)19-7-12)11-3-2-4-14(18)5-11/h2-10H,18H2,1H3,(H,19,20). The molecule has 0 aliphatic rings. The van der Waals surface area contributed by atoms with E-state index in [-0.39, 0.29) is 0 Å². The van der Waals surface area contributed by atoms with Crippen molar-refractivity contribution in [2.75, 3.05) is 5.73 Å². The maximum Gasteiger partial charge on any atom is 0.137 e. The van der Waals surface area contributed by atoms with Crippen molar-refractivity contribution >= 4 is 16.7 Å². The number of anilines is 1. The molecular weight excluding hydrogens is 274 g/mol. The summed E-state index contributed by atoms with van der Waals surface area (Å²) in [6.07, 6.45) is 7.66. The molecule has 5 nitrogen and oxygen atoms in total. The molecule has 22 heavy (non-hydrogen) atoms. The van der Waals surface area contributed by atoms with Gasteiger partial charge >= 0.3 is 0 Å². The van der Waals surface area contributed by atoms with E-state index < -0.39 is 0 Å². The van der Waals surface area contributed by atoms with Crippen LogP contribution in [0, 0.1) is 0 Å². The lowest BCUT2D eigenvalue weighted by Crippen LogP contribution is -1.85. The van der Waals surface area contributed by atoms with E-state index in [1.165, 1.54) is 0 Å². The Hall–Kier alpha value is -3.08. The maximum atomic E-state index is 5.90. The molecule has 4 aromatic rings. The van der Waals surface area contributed by atoms with Crippen LogP contribution in [0.3, 0.4) is 0 Å². The minimum atomic E-state index is 0.753. The summed E-state index contributed by atoms with van der Waals surface area (Å²) in [7, 11) is 1.91. The third kappa shape index (κ3) is 2.03. The second kappa shape index (κ2) is 4.73. The van der Waals surface area contributed by atoms with E-state index in [1.54, 1.807) is 4.68 Å². The largest absolute Gasteiger partial charge is 0.399 e. The molecule has 0 saturated carbocycles. The third-order valence-corrected chi connectivity index (χ3v) is 3.77. The SMILES string of the molecule is Cn1cc(-c2cnc3[nH]cc(-c4cccc(N)c4)c3c2)cn1. The van der Waals surface area contributed by atoms with Crippen molar-refractivity contribution in [3.05, 3.63) is 55.1 Å². The highest BCUT2D eigenvalue weighted by molar-refractivity contribution is 5.96. The zero-order valence-electron chi connectivity index (χ0n) is 12.1. The molecule has 0 fully saturated rings. The summed E-state index contributed by atoms with van der Waals surface area (Å²) in [5.41, 5.74) is 11.8. The molecule has 108 valence electrons. The molecule has 3 aromatic heterocycles. The maximum absolute atomic E-state index is 5.90.